The van der Waals surface area contributed by atoms with E-state index in [-0.39, 0.29) is 37.9 Å². The van der Waals surface area contributed by atoms with Crippen molar-refractivity contribution in [3.05, 3.63) is 35.9 Å². The summed E-state index contributed by atoms with van der Waals surface area (Å²) in [6, 6.07) is 8.52. The van der Waals surface area contributed by atoms with Crippen molar-refractivity contribution in [3.63, 3.8) is 0 Å². The van der Waals surface area contributed by atoms with Crippen LogP contribution in [-0.2, 0) is 19.7 Å². The van der Waals surface area contributed by atoms with E-state index < -0.39 is 28.8 Å². The Labute approximate surface area is 149 Å². The minimum atomic E-state index is -2.77. The second-order valence-electron chi connectivity index (χ2n) is 8.07. The number of carbonyl (C=O) groups is 2. The van der Waals surface area contributed by atoms with E-state index in [9.17, 15) is 18.4 Å². The fourth-order valence-corrected chi connectivity index (χ4v) is 5.17. The van der Waals surface area contributed by atoms with Crippen molar-refractivity contribution in [2.24, 2.45) is 5.92 Å². The molecule has 1 saturated carbocycles. The van der Waals surface area contributed by atoms with Crippen LogP contribution in [0.2, 0.25) is 0 Å². The molecule has 4 fully saturated rings. The molecule has 5 nitrogen and oxygen atoms in total. The van der Waals surface area contributed by atoms with Crippen LogP contribution in [0, 0.1) is 5.92 Å². The van der Waals surface area contributed by atoms with Gasteiger partial charge in [0.05, 0.1) is 29.3 Å². The molecule has 3 saturated heterocycles. The molecule has 1 aromatic rings. The van der Waals surface area contributed by atoms with Gasteiger partial charge < -0.3 is 9.64 Å². The van der Waals surface area contributed by atoms with E-state index in [0.29, 0.717) is 18.5 Å². The summed E-state index contributed by atoms with van der Waals surface area (Å²) in [6.45, 7) is 0.704. The number of alkyl halides is 2. The molecule has 0 radical (unpaired) electrons. The standard InChI is InChI=1S/C19H20F2N2O3/c20-19(21)14-10-23(7-6-18(14,19)12-4-2-1-3-5-12)16(25)13-8-17(22-13)9-15(24)26-11-17/h1-5,13-14,22H,6-11H2/t13-,14?,17-,18?/m0/s1. The third kappa shape index (κ3) is 1.98. The predicted octanol–water partition coefficient (Wildman–Crippen LogP) is 1.47. The quantitative estimate of drug-likeness (QED) is 0.810. The maximum absolute atomic E-state index is 14.7. The molecule has 0 bridgehead atoms. The van der Waals surface area contributed by atoms with Crippen LogP contribution in [0.5, 0.6) is 0 Å². The van der Waals surface area contributed by atoms with E-state index in [4.69, 9.17) is 4.74 Å². The van der Waals surface area contributed by atoms with Crippen molar-refractivity contribution < 1.29 is 23.1 Å². The average Bonchev–Trinajstić information content (AvgIpc) is 2.89. The Kier molecular flexibility index (Phi) is 3.13. The fraction of sp³-hybridized carbons (Fsp3) is 0.579. The number of carbonyl (C=O) groups excluding carboxylic acids is 2. The minimum Gasteiger partial charge on any atom is -0.464 e. The number of likely N-dealkylation sites (tertiary alicyclic amines) is 1. The highest BCUT2D eigenvalue weighted by Crippen LogP contribution is 2.70. The summed E-state index contributed by atoms with van der Waals surface area (Å²) in [6.07, 6.45) is 1.08. The molecule has 5 rings (SSSR count). The van der Waals surface area contributed by atoms with Crippen molar-refractivity contribution in [1.82, 2.24) is 10.2 Å². The van der Waals surface area contributed by atoms with Gasteiger partial charge in [-0.15, -0.1) is 0 Å². The number of nitrogens with zero attached hydrogens (tertiary/aromatic N) is 1. The van der Waals surface area contributed by atoms with Gasteiger partial charge in [-0.2, -0.15) is 0 Å². The molecule has 1 spiro atoms. The predicted molar refractivity (Wildman–Crippen MR) is 87.6 cm³/mol. The molecule has 1 aromatic carbocycles. The van der Waals surface area contributed by atoms with Crippen LogP contribution in [0.1, 0.15) is 24.8 Å². The third-order valence-corrected chi connectivity index (χ3v) is 6.69. The van der Waals surface area contributed by atoms with Crippen molar-refractivity contribution in [2.75, 3.05) is 19.7 Å². The highest BCUT2D eigenvalue weighted by Gasteiger charge is 2.82. The highest BCUT2D eigenvalue weighted by molar-refractivity contribution is 5.85. The summed E-state index contributed by atoms with van der Waals surface area (Å²) < 4.78 is 34.3. The zero-order valence-corrected chi connectivity index (χ0v) is 14.2. The van der Waals surface area contributed by atoms with Gasteiger partial charge >= 0.3 is 5.97 Å². The largest absolute Gasteiger partial charge is 0.464 e. The van der Waals surface area contributed by atoms with Gasteiger partial charge in [0.15, 0.2) is 0 Å². The number of nitrogens with one attached hydrogen (secondary N) is 1. The van der Waals surface area contributed by atoms with E-state index in [1.807, 2.05) is 6.07 Å². The zero-order chi connectivity index (χ0) is 18.2. The zero-order valence-electron chi connectivity index (χ0n) is 14.2. The number of piperidine rings is 1. The van der Waals surface area contributed by atoms with Crippen molar-refractivity contribution in [2.45, 2.75) is 42.2 Å². The molecule has 1 amide bonds. The van der Waals surface area contributed by atoms with Crippen molar-refractivity contribution >= 4 is 11.9 Å². The van der Waals surface area contributed by atoms with Crippen LogP contribution in [0.15, 0.2) is 30.3 Å². The Morgan fingerprint density at radius 1 is 1.27 bits per heavy atom. The molecule has 1 aliphatic carbocycles. The van der Waals surface area contributed by atoms with Gasteiger partial charge in [0.25, 0.3) is 5.92 Å². The number of hydrogen-bond donors (Lipinski definition) is 1. The van der Waals surface area contributed by atoms with Crippen LogP contribution in [-0.4, -0.2) is 54.0 Å². The van der Waals surface area contributed by atoms with Crippen LogP contribution in [0.3, 0.4) is 0 Å². The Bertz CT molecular complexity index is 778. The SMILES string of the molecule is O=C1C[C@]2(CO1)C[C@@H](C(=O)N1CCC3(c4ccccc4)C(C1)C3(F)F)N2. The molecular weight excluding hydrogens is 342 g/mol. The first-order chi connectivity index (χ1) is 12.4. The van der Waals surface area contributed by atoms with Crippen LogP contribution in [0.4, 0.5) is 8.78 Å². The number of halogens is 2. The van der Waals surface area contributed by atoms with Crippen LogP contribution >= 0.6 is 0 Å². The Morgan fingerprint density at radius 2 is 2.00 bits per heavy atom. The lowest BCUT2D eigenvalue weighted by atomic mass is 9.79. The van der Waals surface area contributed by atoms with E-state index in [1.54, 1.807) is 29.2 Å². The fourth-order valence-electron chi connectivity index (χ4n) is 5.17. The first-order valence-electron chi connectivity index (χ1n) is 9.03. The summed E-state index contributed by atoms with van der Waals surface area (Å²) in [5.41, 5.74) is -0.875. The lowest BCUT2D eigenvalue weighted by Gasteiger charge is -2.46. The molecule has 7 heteroatoms. The maximum atomic E-state index is 14.7. The first-order valence-corrected chi connectivity index (χ1v) is 9.03. The van der Waals surface area contributed by atoms with Crippen molar-refractivity contribution in [3.8, 4) is 0 Å². The first kappa shape index (κ1) is 16.2. The van der Waals surface area contributed by atoms with Gasteiger partial charge in [-0.25, -0.2) is 8.78 Å². The minimum absolute atomic E-state index is 0.0847. The van der Waals surface area contributed by atoms with Crippen LogP contribution < -0.4 is 5.32 Å². The van der Waals surface area contributed by atoms with E-state index in [0.717, 1.165) is 0 Å². The number of esters is 1. The summed E-state index contributed by atoms with van der Waals surface area (Å²) >= 11 is 0. The summed E-state index contributed by atoms with van der Waals surface area (Å²) in [7, 11) is 0. The molecule has 1 N–H and O–H groups in total. The molecule has 138 valence electrons. The lowest BCUT2D eigenvalue weighted by Crippen LogP contribution is -2.69. The number of ether oxygens (including phenoxy) is 1. The Balaban J connectivity index is 1.27. The number of benzene rings is 1. The monoisotopic (exact) mass is 362 g/mol. The number of cyclic esters (lactones) is 1. The van der Waals surface area contributed by atoms with E-state index in [1.165, 1.54) is 0 Å². The van der Waals surface area contributed by atoms with Gasteiger partial charge in [-0.3, -0.25) is 14.9 Å². The van der Waals surface area contributed by atoms with Gasteiger partial charge in [0.1, 0.15) is 6.61 Å². The van der Waals surface area contributed by atoms with Crippen LogP contribution in [0.25, 0.3) is 0 Å². The molecule has 3 heterocycles. The topological polar surface area (TPSA) is 58.6 Å². The lowest BCUT2D eigenvalue weighted by molar-refractivity contribution is -0.139. The molecule has 0 aromatic heterocycles. The van der Waals surface area contributed by atoms with Gasteiger partial charge in [-0.1, -0.05) is 30.3 Å². The maximum Gasteiger partial charge on any atom is 0.307 e. The molecule has 26 heavy (non-hydrogen) atoms. The average molecular weight is 362 g/mol. The normalized spacial score (nSPS) is 39.9. The summed E-state index contributed by atoms with van der Waals surface area (Å²) in [4.78, 5) is 25.6. The van der Waals surface area contributed by atoms with Crippen molar-refractivity contribution in [1.29, 1.82) is 0 Å². The van der Waals surface area contributed by atoms with Gasteiger partial charge in [0.2, 0.25) is 5.91 Å². The molecule has 3 aliphatic heterocycles. The highest BCUT2D eigenvalue weighted by atomic mass is 19.3. The summed E-state index contributed by atoms with van der Waals surface area (Å²) in [5, 5.41) is 3.15. The number of amides is 1. The molecule has 4 atom stereocenters. The number of fused-ring (bicyclic) bond motifs is 1. The Hall–Kier alpha value is -2.02. The number of hydrogen-bond acceptors (Lipinski definition) is 4. The van der Waals surface area contributed by atoms with Gasteiger partial charge in [0, 0.05) is 13.1 Å². The Morgan fingerprint density at radius 3 is 2.62 bits per heavy atom. The van der Waals surface area contributed by atoms with E-state index in [2.05, 4.69) is 5.32 Å². The molecular formula is C19H20F2N2O3. The summed E-state index contributed by atoms with van der Waals surface area (Å²) in [5.74, 6) is -3.99. The smallest absolute Gasteiger partial charge is 0.307 e. The van der Waals surface area contributed by atoms with Gasteiger partial charge in [-0.05, 0) is 18.4 Å². The third-order valence-electron chi connectivity index (χ3n) is 6.69. The molecule has 4 aliphatic rings. The second kappa shape index (κ2) is 5.03. The second-order valence-corrected chi connectivity index (χ2v) is 8.07. The number of rotatable bonds is 2. The van der Waals surface area contributed by atoms with E-state index >= 15 is 0 Å². The molecule has 2 unspecified atom stereocenters.